The molecule has 9 heteroatoms. The highest BCUT2D eigenvalue weighted by Gasteiger charge is 2.22. The van der Waals surface area contributed by atoms with Gasteiger partial charge in [0.2, 0.25) is 0 Å². The van der Waals surface area contributed by atoms with Crippen molar-refractivity contribution >= 4 is 35.1 Å². The average Bonchev–Trinajstić information content (AvgIpc) is 3.06. The van der Waals surface area contributed by atoms with E-state index in [0.717, 1.165) is 76.6 Å². The molecule has 2 aliphatic rings. The van der Waals surface area contributed by atoms with Crippen LogP contribution in [0.4, 0.5) is 5.82 Å². The van der Waals surface area contributed by atoms with E-state index in [9.17, 15) is 4.79 Å². The first kappa shape index (κ1) is 30.6. The zero-order valence-corrected chi connectivity index (χ0v) is 26.5. The van der Waals surface area contributed by atoms with Gasteiger partial charge in [0.05, 0.1) is 0 Å². The fraction of sp³-hybridized carbons (Fsp3) is 0.343. The number of carbonyl (C=O) groups excluding carboxylic acids is 1. The van der Waals surface area contributed by atoms with Crippen molar-refractivity contribution in [3.05, 3.63) is 118 Å². The summed E-state index contributed by atoms with van der Waals surface area (Å²) in [6, 6.07) is 31.1. The Labute approximate surface area is 269 Å². The Hall–Kier alpha value is -3.43. The minimum Gasteiger partial charge on any atom is -0.354 e. The second kappa shape index (κ2) is 15.0. The Morgan fingerprint density at radius 2 is 1.34 bits per heavy atom. The quantitative estimate of drug-likeness (QED) is 0.129. The van der Waals surface area contributed by atoms with E-state index in [1.807, 2.05) is 30.3 Å². The summed E-state index contributed by atoms with van der Waals surface area (Å²) in [5, 5.41) is 4.37. The molecular formula is C35H39ClN6OS. The van der Waals surface area contributed by atoms with Gasteiger partial charge in [-0.1, -0.05) is 96.2 Å². The van der Waals surface area contributed by atoms with Gasteiger partial charge >= 0.3 is 0 Å². The lowest BCUT2D eigenvalue weighted by Crippen LogP contribution is -2.46. The van der Waals surface area contributed by atoms with Gasteiger partial charge in [-0.05, 0) is 41.7 Å². The summed E-state index contributed by atoms with van der Waals surface area (Å²) in [6.45, 7) is 7.69. The number of benzene rings is 3. The molecule has 2 fully saturated rings. The van der Waals surface area contributed by atoms with Crippen molar-refractivity contribution in [2.24, 2.45) is 0 Å². The van der Waals surface area contributed by atoms with Crippen LogP contribution in [0.3, 0.4) is 0 Å². The summed E-state index contributed by atoms with van der Waals surface area (Å²) < 4.78 is 0. The molecule has 0 atom stereocenters. The molecule has 1 aromatic heterocycles. The number of nitrogens with zero attached hydrogens (tertiary/aromatic N) is 5. The van der Waals surface area contributed by atoms with E-state index in [-0.39, 0.29) is 11.9 Å². The summed E-state index contributed by atoms with van der Waals surface area (Å²) in [6.07, 6.45) is 1.94. The first-order valence-corrected chi connectivity index (χ1v) is 16.8. The van der Waals surface area contributed by atoms with Gasteiger partial charge in [0.15, 0.2) is 5.16 Å². The van der Waals surface area contributed by atoms with Crippen molar-refractivity contribution in [2.45, 2.75) is 42.9 Å². The van der Waals surface area contributed by atoms with Crippen LogP contribution in [0.1, 0.15) is 39.9 Å². The maximum Gasteiger partial charge on any atom is 0.251 e. The zero-order chi connectivity index (χ0) is 30.1. The van der Waals surface area contributed by atoms with Crippen LogP contribution in [-0.4, -0.2) is 71.0 Å². The molecule has 2 saturated heterocycles. The number of piperazine rings is 1. The van der Waals surface area contributed by atoms with Gasteiger partial charge in [0.1, 0.15) is 11.0 Å². The van der Waals surface area contributed by atoms with Crippen molar-refractivity contribution in [1.29, 1.82) is 0 Å². The van der Waals surface area contributed by atoms with Crippen molar-refractivity contribution in [3.63, 3.8) is 0 Å². The molecule has 44 heavy (non-hydrogen) atoms. The second-order valence-corrected chi connectivity index (χ2v) is 12.9. The first-order valence-electron chi connectivity index (χ1n) is 15.4. The molecule has 7 nitrogen and oxygen atoms in total. The van der Waals surface area contributed by atoms with Gasteiger partial charge in [-0.15, -0.1) is 0 Å². The van der Waals surface area contributed by atoms with Crippen LogP contribution < -0.4 is 10.2 Å². The second-order valence-electron chi connectivity index (χ2n) is 11.6. The van der Waals surface area contributed by atoms with E-state index in [0.29, 0.717) is 21.6 Å². The summed E-state index contributed by atoms with van der Waals surface area (Å²) >= 11 is 7.98. The molecule has 3 aromatic carbocycles. The molecule has 1 N–H and O–H groups in total. The number of amides is 1. The number of halogens is 1. The number of likely N-dealkylation sites (tertiary alicyclic amines) is 1. The van der Waals surface area contributed by atoms with Crippen molar-refractivity contribution in [3.8, 4) is 0 Å². The highest BCUT2D eigenvalue weighted by atomic mass is 35.5. The van der Waals surface area contributed by atoms with Crippen LogP contribution in [-0.2, 0) is 18.8 Å². The number of piperidine rings is 1. The van der Waals surface area contributed by atoms with E-state index in [1.165, 1.54) is 11.1 Å². The van der Waals surface area contributed by atoms with E-state index < -0.39 is 0 Å². The molecule has 0 saturated carbocycles. The van der Waals surface area contributed by atoms with Gasteiger partial charge in [-0.2, -0.15) is 0 Å². The van der Waals surface area contributed by atoms with Gasteiger partial charge < -0.3 is 10.2 Å². The number of hydrogen-bond donors (Lipinski definition) is 1. The highest BCUT2D eigenvalue weighted by Crippen LogP contribution is 2.26. The normalized spacial score (nSPS) is 16.6. The number of nitrogens with one attached hydrogen (secondary N) is 1. The molecule has 0 unspecified atom stereocenters. The Bertz CT molecular complexity index is 1490. The van der Waals surface area contributed by atoms with Crippen LogP contribution in [0.5, 0.6) is 0 Å². The lowest BCUT2D eigenvalue weighted by atomic mass is 10.0. The Kier molecular flexibility index (Phi) is 10.5. The molecule has 4 aromatic rings. The van der Waals surface area contributed by atoms with Crippen LogP contribution >= 0.6 is 23.4 Å². The van der Waals surface area contributed by atoms with E-state index in [4.69, 9.17) is 16.6 Å². The standard InChI is InChI=1S/C35H39ClN6OS/c36-32-23-33(42-21-19-41(20-22-42)25-28-9-5-2-6-10-28)39-35(38-32)44-26-29-11-13-30(14-12-29)34(43)37-31-15-17-40(18-16-31)24-27-7-3-1-4-8-27/h1-14,23,31H,15-22,24-26H2,(H,37,43). The number of carbonyl (C=O) groups is 1. The van der Waals surface area contributed by atoms with Crippen LogP contribution in [0, 0.1) is 0 Å². The van der Waals surface area contributed by atoms with E-state index in [1.54, 1.807) is 11.8 Å². The number of thioether (sulfide) groups is 1. The topological polar surface area (TPSA) is 64.6 Å². The fourth-order valence-electron chi connectivity index (χ4n) is 5.83. The van der Waals surface area contributed by atoms with Gasteiger partial charge in [-0.25, -0.2) is 9.97 Å². The smallest absolute Gasteiger partial charge is 0.251 e. The summed E-state index contributed by atoms with van der Waals surface area (Å²) in [4.78, 5) is 29.5. The molecule has 228 valence electrons. The van der Waals surface area contributed by atoms with Gasteiger partial charge in [0, 0.05) is 75.8 Å². The van der Waals surface area contributed by atoms with Gasteiger partial charge in [0.25, 0.3) is 5.91 Å². The lowest BCUT2D eigenvalue weighted by Gasteiger charge is -2.35. The Balaban J connectivity index is 0.954. The molecule has 0 radical (unpaired) electrons. The van der Waals surface area contributed by atoms with E-state index >= 15 is 0 Å². The minimum atomic E-state index is -0.00241. The largest absolute Gasteiger partial charge is 0.354 e. The number of aromatic nitrogens is 2. The first-order chi connectivity index (χ1) is 21.6. The number of rotatable bonds is 10. The lowest BCUT2D eigenvalue weighted by molar-refractivity contribution is 0.0909. The molecule has 6 rings (SSSR count). The summed E-state index contributed by atoms with van der Waals surface area (Å²) in [5.74, 6) is 1.58. The van der Waals surface area contributed by atoms with Crippen LogP contribution in [0.15, 0.2) is 96.2 Å². The molecular weight excluding hydrogens is 588 g/mol. The third-order valence-electron chi connectivity index (χ3n) is 8.36. The molecule has 3 heterocycles. The third-order valence-corrected chi connectivity index (χ3v) is 9.47. The van der Waals surface area contributed by atoms with Crippen molar-refractivity contribution in [1.82, 2.24) is 25.1 Å². The van der Waals surface area contributed by atoms with Gasteiger partial charge in [-0.3, -0.25) is 14.6 Å². The van der Waals surface area contributed by atoms with Crippen LogP contribution in [0.2, 0.25) is 5.15 Å². The molecule has 1 amide bonds. The van der Waals surface area contributed by atoms with Crippen molar-refractivity contribution in [2.75, 3.05) is 44.2 Å². The molecule has 0 bridgehead atoms. The predicted molar refractivity (Wildman–Crippen MR) is 179 cm³/mol. The predicted octanol–water partition coefficient (Wildman–Crippen LogP) is 6.14. The molecule has 0 spiro atoms. The number of anilines is 1. The Morgan fingerprint density at radius 3 is 1.95 bits per heavy atom. The highest BCUT2D eigenvalue weighted by molar-refractivity contribution is 7.98. The Morgan fingerprint density at radius 1 is 0.750 bits per heavy atom. The minimum absolute atomic E-state index is 0.00241. The average molecular weight is 627 g/mol. The van der Waals surface area contributed by atoms with Crippen LogP contribution in [0.25, 0.3) is 0 Å². The SMILES string of the molecule is O=C(NC1CCN(Cc2ccccc2)CC1)c1ccc(CSc2nc(Cl)cc(N3CCN(Cc4ccccc4)CC3)n2)cc1. The molecule has 0 aliphatic carbocycles. The monoisotopic (exact) mass is 626 g/mol. The zero-order valence-electron chi connectivity index (χ0n) is 24.9. The third kappa shape index (κ3) is 8.60. The fourth-order valence-corrected chi connectivity index (χ4v) is 6.87. The number of hydrogen-bond acceptors (Lipinski definition) is 7. The van der Waals surface area contributed by atoms with E-state index in [2.05, 4.69) is 85.7 Å². The summed E-state index contributed by atoms with van der Waals surface area (Å²) in [7, 11) is 0. The molecule has 2 aliphatic heterocycles. The van der Waals surface area contributed by atoms with Crippen molar-refractivity contribution < 1.29 is 4.79 Å². The maximum atomic E-state index is 12.9. The summed E-state index contributed by atoms with van der Waals surface area (Å²) in [5.41, 5.74) is 4.48. The maximum absolute atomic E-state index is 12.9.